The zero-order chi connectivity index (χ0) is 20.6. The summed E-state index contributed by atoms with van der Waals surface area (Å²) in [5, 5.41) is 2.80. The molecule has 0 saturated carbocycles. The number of alkyl carbamates (subject to hydrolysis) is 1. The first kappa shape index (κ1) is 21.8. The Morgan fingerprint density at radius 1 is 1.07 bits per heavy atom. The first-order valence-corrected chi connectivity index (χ1v) is 9.63. The van der Waals surface area contributed by atoms with Gasteiger partial charge >= 0.3 is 6.09 Å². The summed E-state index contributed by atoms with van der Waals surface area (Å²) in [5.41, 5.74) is 4.00. The maximum Gasteiger partial charge on any atom is 0.407 e. The molecule has 0 aliphatic rings. The molecule has 0 atom stereocenters. The molecular formula is C23H31NO4. The molecule has 0 aliphatic heterocycles. The van der Waals surface area contributed by atoms with Crippen molar-refractivity contribution in [2.24, 2.45) is 0 Å². The Morgan fingerprint density at radius 2 is 1.86 bits per heavy atom. The highest BCUT2D eigenvalue weighted by Crippen LogP contribution is 2.32. The van der Waals surface area contributed by atoms with Gasteiger partial charge in [-0.3, -0.25) is 0 Å². The maximum atomic E-state index is 11.8. The molecule has 1 amide bonds. The van der Waals surface area contributed by atoms with E-state index in [1.165, 1.54) is 5.56 Å². The van der Waals surface area contributed by atoms with Gasteiger partial charge in [0.1, 0.15) is 11.4 Å². The number of nitrogens with one attached hydrogen (secondary N) is 1. The van der Waals surface area contributed by atoms with Crippen molar-refractivity contribution in [3.63, 3.8) is 0 Å². The van der Waals surface area contributed by atoms with Gasteiger partial charge in [-0.2, -0.15) is 0 Å². The molecule has 5 heteroatoms. The number of ether oxygens (including phenoxy) is 3. The molecule has 152 valence electrons. The first-order valence-electron chi connectivity index (χ1n) is 9.63. The number of carbonyl (C=O) groups is 1. The number of amides is 1. The molecular weight excluding hydrogens is 354 g/mol. The van der Waals surface area contributed by atoms with E-state index in [1.54, 1.807) is 7.11 Å². The highest BCUT2D eigenvalue weighted by molar-refractivity contribution is 5.72. The summed E-state index contributed by atoms with van der Waals surface area (Å²) in [4.78, 5) is 11.8. The van der Waals surface area contributed by atoms with Gasteiger partial charge in [-0.1, -0.05) is 37.3 Å². The topological polar surface area (TPSA) is 56.8 Å². The quantitative estimate of drug-likeness (QED) is 0.652. The smallest absolute Gasteiger partial charge is 0.407 e. The fourth-order valence-electron chi connectivity index (χ4n) is 2.79. The average Bonchev–Trinajstić information content (AvgIpc) is 2.65. The molecule has 0 unspecified atom stereocenters. The van der Waals surface area contributed by atoms with Gasteiger partial charge in [0.15, 0.2) is 6.79 Å². The number of carbonyl (C=O) groups excluding carboxylic acids is 1. The van der Waals surface area contributed by atoms with Crippen LogP contribution in [0.5, 0.6) is 5.75 Å². The Hall–Kier alpha value is -2.53. The van der Waals surface area contributed by atoms with E-state index >= 15 is 0 Å². The second-order valence-electron chi connectivity index (χ2n) is 7.61. The lowest BCUT2D eigenvalue weighted by Gasteiger charge is -2.19. The molecule has 28 heavy (non-hydrogen) atoms. The summed E-state index contributed by atoms with van der Waals surface area (Å²) in [5.74, 6) is 0.777. The van der Waals surface area contributed by atoms with Gasteiger partial charge in [0.2, 0.25) is 0 Å². The molecule has 0 radical (unpaired) electrons. The lowest BCUT2D eigenvalue weighted by Crippen LogP contribution is -2.33. The SMILES string of the molecule is CCc1cccc(-c2cc(CCNC(=O)OC(C)(C)C)ccc2OCOC)c1. The van der Waals surface area contributed by atoms with Crippen LogP contribution in [-0.4, -0.2) is 32.1 Å². The van der Waals surface area contributed by atoms with Crippen molar-refractivity contribution >= 4 is 6.09 Å². The highest BCUT2D eigenvalue weighted by atomic mass is 16.7. The third-order valence-electron chi connectivity index (χ3n) is 4.10. The van der Waals surface area contributed by atoms with Gasteiger partial charge in [0.05, 0.1) is 0 Å². The van der Waals surface area contributed by atoms with E-state index < -0.39 is 11.7 Å². The predicted octanol–water partition coefficient (Wildman–Crippen LogP) is 4.97. The van der Waals surface area contributed by atoms with Crippen molar-refractivity contribution in [2.75, 3.05) is 20.4 Å². The largest absolute Gasteiger partial charge is 0.467 e. The Bertz CT molecular complexity index is 780. The van der Waals surface area contributed by atoms with Crippen LogP contribution in [0.4, 0.5) is 4.79 Å². The van der Waals surface area contributed by atoms with E-state index in [2.05, 4.69) is 42.6 Å². The molecule has 0 spiro atoms. The highest BCUT2D eigenvalue weighted by Gasteiger charge is 2.15. The molecule has 2 aromatic carbocycles. The van der Waals surface area contributed by atoms with Crippen molar-refractivity contribution < 1.29 is 19.0 Å². The summed E-state index contributed by atoms with van der Waals surface area (Å²) >= 11 is 0. The minimum atomic E-state index is -0.498. The van der Waals surface area contributed by atoms with Crippen LogP contribution in [-0.2, 0) is 22.3 Å². The standard InChI is InChI=1S/C23H31NO4/c1-6-17-8-7-9-19(14-17)20-15-18(10-11-21(20)27-16-26-5)12-13-24-22(25)28-23(2,3)4/h7-11,14-15H,6,12-13,16H2,1-5H3,(H,24,25). The van der Waals surface area contributed by atoms with E-state index in [-0.39, 0.29) is 6.79 Å². The Labute approximate surface area is 168 Å². The molecule has 2 aromatic rings. The van der Waals surface area contributed by atoms with Crippen LogP contribution in [0.15, 0.2) is 42.5 Å². The Balaban J connectivity index is 2.15. The second-order valence-corrected chi connectivity index (χ2v) is 7.61. The molecule has 0 heterocycles. The second kappa shape index (κ2) is 10.1. The zero-order valence-corrected chi connectivity index (χ0v) is 17.5. The molecule has 0 bridgehead atoms. The average molecular weight is 386 g/mol. The van der Waals surface area contributed by atoms with Crippen LogP contribution in [0, 0.1) is 0 Å². The van der Waals surface area contributed by atoms with Gasteiger partial charge in [0.25, 0.3) is 0 Å². The maximum absolute atomic E-state index is 11.8. The summed E-state index contributed by atoms with van der Waals surface area (Å²) in [6, 6.07) is 14.5. The molecule has 1 N–H and O–H groups in total. The molecule has 0 fully saturated rings. The van der Waals surface area contributed by atoms with E-state index in [0.717, 1.165) is 28.9 Å². The van der Waals surface area contributed by atoms with Crippen molar-refractivity contribution in [3.8, 4) is 16.9 Å². The first-order chi connectivity index (χ1) is 13.3. The molecule has 0 aromatic heterocycles. The van der Waals surface area contributed by atoms with Crippen LogP contribution in [0.1, 0.15) is 38.8 Å². The van der Waals surface area contributed by atoms with Crippen molar-refractivity contribution in [1.29, 1.82) is 0 Å². The summed E-state index contributed by atoms with van der Waals surface area (Å²) in [6.07, 6.45) is 1.27. The number of aryl methyl sites for hydroxylation is 1. The van der Waals surface area contributed by atoms with Gasteiger partial charge < -0.3 is 19.5 Å². The van der Waals surface area contributed by atoms with Gasteiger partial charge in [-0.05, 0) is 62.4 Å². The number of benzene rings is 2. The van der Waals surface area contributed by atoms with Crippen molar-refractivity contribution in [3.05, 3.63) is 53.6 Å². The predicted molar refractivity (Wildman–Crippen MR) is 112 cm³/mol. The van der Waals surface area contributed by atoms with Gasteiger partial charge in [0, 0.05) is 19.2 Å². The van der Waals surface area contributed by atoms with Crippen molar-refractivity contribution in [2.45, 2.75) is 46.1 Å². The lowest BCUT2D eigenvalue weighted by molar-refractivity contribution is 0.0513. The summed E-state index contributed by atoms with van der Waals surface area (Å²) in [7, 11) is 1.61. The van der Waals surface area contributed by atoms with Gasteiger partial charge in [-0.25, -0.2) is 4.79 Å². The van der Waals surface area contributed by atoms with E-state index in [4.69, 9.17) is 14.2 Å². The third-order valence-corrected chi connectivity index (χ3v) is 4.10. The molecule has 2 rings (SSSR count). The number of hydrogen-bond acceptors (Lipinski definition) is 4. The Kier molecular flexibility index (Phi) is 7.88. The Morgan fingerprint density at radius 3 is 2.54 bits per heavy atom. The zero-order valence-electron chi connectivity index (χ0n) is 17.5. The van der Waals surface area contributed by atoms with Crippen LogP contribution in [0.25, 0.3) is 11.1 Å². The minimum absolute atomic E-state index is 0.194. The fourth-order valence-corrected chi connectivity index (χ4v) is 2.79. The van der Waals surface area contributed by atoms with Crippen LogP contribution in [0.2, 0.25) is 0 Å². The number of rotatable bonds is 8. The van der Waals surface area contributed by atoms with E-state index in [1.807, 2.05) is 32.9 Å². The summed E-state index contributed by atoms with van der Waals surface area (Å²) < 4.78 is 16.1. The van der Waals surface area contributed by atoms with E-state index in [9.17, 15) is 4.79 Å². The monoisotopic (exact) mass is 385 g/mol. The molecule has 5 nitrogen and oxygen atoms in total. The number of hydrogen-bond donors (Lipinski definition) is 1. The van der Waals surface area contributed by atoms with Crippen LogP contribution in [0.3, 0.4) is 0 Å². The van der Waals surface area contributed by atoms with Gasteiger partial charge in [-0.15, -0.1) is 0 Å². The van der Waals surface area contributed by atoms with E-state index in [0.29, 0.717) is 13.0 Å². The fraction of sp³-hybridized carbons (Fsp3) is 0.435. The molecule has 0 saturated heterocycles. The van der Waals surface area contributed by atoms with Crippen LogP contribution < -0.4 is 10.1 Å². The minimum Gasteiger partial charge on any atom is -0.467 e. The number of methoxy groups -OCH3 is 1. The normalized spacial score (nSPS) is 11.2. The molecule has 0 aliphatic carbocycles. The lowest BCUT2D eigenvalue weighted by atomic mass is 9.98. The summed E-state index contributed by atoms with van der Waals surface area (Å²) in [6.45, 7) is 8.38. The third kappa shape index (κ3) is 6.89. The van der Waals surface area contributed by atoms with Crippen LogP contribution >= 0.6 is 0 Å². The van der Waals surface area contributed by atoms with Crippen molar-refractivity contribution in [1.82, 2.24) is 5.32 Å².